The molecule has 0 saturated heterocycles. The van der Waals surface area contributed by atoms with E-state index in [1.165, 1.54) is 4.88 Å². The Balaban J connectivity index is 2.95. The topological polar surface area (TPSA) is 20.3 Å². The van der Waals surface area contributed by atoms with Crippen LogP contribution in [-0.4, -0.2) is 24.4 Å². The molecule has 1 heterocycles. The summed E-state index contributed by atoms with van der Waals surface area (Å²) < 4.78 is 0. The highest BCUT2D eigenvalue weighted by Gasteiger charge is 2.14. The van der Waals surface area contributed by atoms with E-state index < -0.39 is 0 Å². The molecule has 0 unspecified atom stereocenters. The van der Waals surface area contributed by atoms with Crippen LogP contribution < -0.4 is 0 Å². The van der Waals surface area contributed by atoms with Crippen molar-refractivity contribution >= 4 is 17.2 Å². The molecule has 0 spiro atoms. The zero-order valence-electron chi connectivity index (χ0n) is 8.55. The first-order valence-electron chi connectivity index (χ1n) is 4.38. The molecule has 0 aliphatic heterocycles. The lowest BCUT2D eigenvalue weighted by atomic mass is 10.1. The van der Waals surface area contributed by atoms with Gasteiger partial charge in [0, 0.05) is 23.8 Å². The second kappa shape index (κ2) is 3.92. The van der Waals surface area contributed by atoms with Gasteiger partial charge >= 0.3 is 0 Å². The minimum atomic E-state index is 0.129. The van der Waals surface area contributed by atoms with Crippen LogP contribution >= 0.6 is 11.3 Å². The van der Waals surface area contributed by atoms with Gasteiger partial charge in [0.05, 0.1) is 5.56 Å². The molecule has 0 saturated carbocycles. The summed E-state index contributed by atoms with van der Waals surface area (Å²) in [6, 6.07) is 0. The van der Waals surface area contributed by atoms with Crippen molar-refractivity contribution in [1.82, 2.24) is 4.90 Å². The Kier molecular flexibility index (Phi) is 3.09. The fourth-order valence-electron chi connectivity index (χ4n) is 1.07. The standard InChI is InChI=1S/C10H15NOS/c1-5-11(4)10(12)9-6-13-8(3)7(9)2/h6H,5H2,1-4H3. The molecule has 0 fully saturated rings. The van der Waals surface area contributed by atoms with Crippen molar-refractivity contribution < 1.29 is 4.79 Å². The highest BCUT2D eigenvalue weighted by Crippen LogP contribution is 2.21. The third-order valence-corrected chi connectivity index (χ3v) is 3.35. The number of carbonyl (C=O) groups is 1. The number of amides is 1. The summed E-state index contributed by atoms with van der Waals surface area (Å²) in [4.78, 5) is 14.7. The second-order valence-electron chi connectivity index (χ2n) is 3.15. The smallest absolute Gasteiger partial charge is 0.254 e. The maximum Gasteiger partial charge on any atom is 0.254 e. The lowest BCUT2D eigenvalue weighted by Crippen LogP contribution is -2.26. The van der Waals surface area contributed by atoms with E-state index in [0.29, 0.717) is 0 Å². The summed E-state index contributed by atoms with van der Waals surface area (Å²) >= 11 is 1.64. The van der Waals surface area contributed by atoms with Crippen LogP contribution in [0.3, 0.4) is 0 Å². The van der Waals surface area contributed by atoms with Gasteiger partial charge in [-0.05, 0) is 26.3 Å². The van der Waals surface area contributed by atoms with Crippen LogP contribution in [0.5, 0.6) is 0 Å². The van der Waals surface area contributed by atoms with Gasteiger partial charge in [-0.3, -0.25) is 4.79 Å². The summed E-state index contributed by atoms with van der Waals surface area (Å²) in [6.07, 6.45) is 0. The molecule has 72 valence electrons. The molecule has 0 aliphatic rings. The van der Waals surface area contributed by atoms with Crippen LogP contribution in [0.2, 0.25) is 0 Å². The molecule has 1 amide bonds. The van der Waals surface area contributed by atoms with Gasteiger partial charge in [0.2, 0.25) is 0 Å². The number of carbonyl (C=O) groups excluding carboxylic acids is 1. The Bertz CT molecular complexity index is 317. The average Bonchev–Trinajstić information content (AvgIpc) is 2.45. The van der Waals surface area contributed by atoms with E-state index in [1.807, 2.05) is 33.2 Å². The monoisotopic (exact) mass is 197 g/mol. The van der Waals surface area contributed by atoms with Gasteiger partial charge in [0.25, 0.3) is 5.91 Å². The maximum atomic E-state index is 11.7. The molecule has 13 heavy (non-hydrogen) atoms. The van der Waals surface area contributed by atoms with E-state index >= 15 is 0 Å². The predicted molar refractivity (Wildman–Crippen MR) is 56.4 cm³/mol. The van der Waals surface area contributed by atoms with Gasteiger partial charge in [0.1, 0.15) is 0 Å². The first-order chi connectivity index (χ1) is 6.07. The quantitative estimate of drug-likeness (QED) is 0.713. The first kappa shape index (κ1) is 10.3. The SMILES string of the molecule is CCN(C)C(=O)c1csc(C)c1C. The number of thiophene rings is 1. The highest BCUT2D eigenvalue weighted by atomic mass is 32.1. The van der Waals surface area contributed by atoms with E-state index in [0.717, 1.165) is 17.7 Å². The van der Waals surface area contributed by atoms with Crippen LogP contribution in [0.25, 0.3) is 0 Å². The molecule has 1 aromatic heterocycles. The van der Waals surface area contributed by atoms with Gasteiger partial charge in [-0.2, -0.15) is 0 Å². The molecule has 0 aromatic carbocycles. The van der Waals surface area contributed by atoms with E-state index in [-0.39, 0.29) is 5.91 Å². The molecule has 1 rings (SSSR count). The van der Waals surface area contributed by atoms with Gasteiger partial charge in [0.15, 0.2) is 0 Å². The van der Waals surface area contributed by atoms with Gasteiger partial charge in [-0.15, -0.1) is 11.3 Å². The normalized spacial score (nSPS) is 10.2. The van der Waals surface area contributed by atoms with Crippen molar-refractivity contribution in [1.29, 1.82) is 0 Å². The Hall–Kier alpha value is -0.830. The number of rotatable bonds is 2. The number of nitrogens with zero attached hydrogens (tertiary/aromatic N) is 1. The van der Waals surface area contributed by atoms with E-state index in [2.05, 4.69) is 0 Å². The van der Waals surface area contributed by atoms with E-state index in [4.69, 9.17) is 0 Å². The fourth-order valence-corrected chi connectivity index (χ4v) is 1.93. The van der Waals surface area contributed by atoms with Crippen LogP contribution in [0.1, 0.15) is 27.7 Å². The van der Waals surface area contributed by atoms with Crippen LogP contribution in [0.15, 0.2) is 5.38 Å². The average molecular weight is 197 g/mol. The Morgan fingerprint density at radius 3 is 2.54 bits per heavy atom. The number of hydrogen-bond acceptors (Lipinski definition) is 2. The number of aryl methyl sites for hydroxylation is 1. The lowest BCUT2D eigenvalue weighted by molar-refractivity contribution is 0.0802. The summed E-state index contributed by atoms with van der Waals surface area (Å²) in [5.74, 6) is 0.129. The van der Waals surface area contributed by atoms with Crippen molar-refractivity contribution in [3.8, 4) is 0 Å². The van der Waals surface area contributed by atoms with Crippen molar-refractivity contribution in [3.05, 3.63) is 21.4 Å². The summed E-state index contributed by atoms with van der Waals surface area (Å²) in [5.41, 5.74) is 1.97. The van der Waals surface area contributed by atoms with Crippen LogP contribution in [0.4, 0.5) is 0 Å². The zero-order valence-corrected chi connectivity index (χ0v) is 9.36. The molecule has 2 nitrogen and oxygen atoms in total. The van der Waals surface area contributed by atoms with Crippen LogP contribution in [-0.2, 0) is 0 Å². The molecular formula is C10H15NOS. The predicted octanol–water partition coefficient (Wildman–Crippen LogP) is 2.46. The van der Waals surface area contributed by atoms with Crippen molar-refractivity contribution in [2.24, 2.45) is 0 Å². The van der Waals surface area contributed by atoms with Gasteiger partial charge in [-0.25, -0.2) is 0 Å². The van der Waals surface area contributed by atoms with Crippen molar-refractivity contribution in [2.45, 2.75) is 20.8 Å². The Morgan fingerprint density at radius 1 is 1.54 bits per heavy atom. The number of hydrogen-bond donors (Lipinski definition) is 0. The zero-order chi connectivity index (χ0) is 10.0. The minimum Gasteiger partial charge on any atom is -0.342 e. The Labute approximate surface area is 83.2 Å². The molecule has 0 bridgehead atoms. The first-order valence-corrected chi connectivity index (χ1v) is 5.26. The molecule has 3 heteroatoms. The van der Waals surface area contributed by atoms with Gasteiger partial charge < -0.3 is 4.90 Å². The van der Waals surface area contributed by atoms with E-state index in [1.54, 1.807) is 16.2 Å². The maximum absolute atomic E-state index is 11.7. The highest BCUT2D eigenvalue weighted by molar-refractivity contribution is 7.10. The van der Waals surface area contributed by atoms with Crippen molar-refractivity contribution in [3.63, 3.8) is 0 Å². The molecule has 0 N–H and O–H groups in total. The van der Waals surface area contributed by atoms with Crippen LogP contribution in [0, 0.1) is 13.8 Å². The molecule has 0 atom stereocenters. The van der Waals surface area contributed by atoms with E-state index in [9.17, 15) is 4.79 Å². The summed E-state index contributed by atoms with van der Waals surface area (Å²) in [5, 5.41) is 1.94. The molecular weight excluding hydrogens is 182 g/mol. The third kappa shape index (κ3) is 1.91. The minimum absolute atomic E-state index is 0.129. The summed E-state index contributed by atoms with van der Waals surface area (Å²) in [7, 11) is 1.83. The molecule has 0 radical (unpaired) electrons. The molecule has 0 aliphatic carbocycles. The largest absolute Gasteiger partial charge is 0.342 e. The van der Waals surface area contributed by atoms with Crippen molar-refractivity contribution in [2.75, 3.05) is 13.6 Å². The third-order valence-electron chi connectivity index (χ3n) is 2.34. The Morgan fingerprint density at radius 2 is 2.15 bits per heavy atom. The summed E-state index contributed by atoms with van der Waals surface area (Å²) in [6.45, 7) is 6.78. The van der Waals surface area contributed by atoms with Gasteiger partial charge in [-0.1, -0.05) is 0 Å². The molecule has 1 aromatic rings. The second-order valence-corrected chi connectivity index (χ2v) is 4.23. The lowest BCUT2D eigenvalue weighted by Gasteiger charge is -2.13. The fraction of sp³-hybridized carbons (Fsp3) is 0.500.